The van der Waals surface area contributed by atoms with Gasteiger partial charge >= 0.3 is 0 Å². The van der Waals surface area contributed by atoms with Crippen LogP contribution in [0.25, 0.3) is 11.4 Å². The average Bonchev–Trinajstić information content (AvgIpc) is 3.13. The monoisotopic (exact) mass is 370 g/mol. The van der Waals surface area contributed by atoms with Crippen molar-refractivity contribution in [1.29, 1.82) is 5.26 Å². The Morgan fingerprint density at radius 3 is 2.67 bits per heavy atom. The molecule has 0 fully saturated rings. The molecular formula is C20H26N4O3. The van der Waals surface area contributed by atoms with Gasteiger partial charge in [-0.15, -0.1) is 0 Å². The van der Waals surface area contributed by atoms with Crippen LogP contribution in [-0.4, -0.2) is 28.2 Å². The van der Waals surface area contributed by atoms with Crippen LogP contribution in [0.5, 0.6) is 5.75 Å². The van der Waals surface area contributed by atoms with E-state index in [9.17, 15) is 10.1 Å². The van der Waals surface area contributed by atoms with Crippen LogP contribution in [0.15, 0.2) is 28.8 Å². The van der Waals surface area contributed by atoms with Gasteiger partial charge in [0.1, 0.15) is 11.3 Å². The molecule has 1 aromatic heterocycles. The Bertz CT molecular complexity index is 792. The zero-order chi connectivity index (χ0) is 19.9. The predicted molar refractivity (Wildman–Crippen MR) is 101 cm³/mol. The molecule has 0 saturated heterocycles. The van der Waals surface area contributed by atoms with Crippen LogP contribution >= 0.6 is 0 Å². The minimum absolute atomic E-state index is 0.0112. The number of carbonyl (C=O) groups excluding carboxylic acids is 1. The van der Waals surface area contributed by atoms with Crippen LogP contribution < -0.4 is 10.1 Å². The number of nitrogens with zero attached hydrogens (tertiary/aromatic N) is 3. The highest BCUT2D eigenvalue weighted by Crippen LogP contribution is 2.21. The third-order valence-electron chi connectivity index (χ3n) is 4.48. The van der Waals surface area contributed by atoms with Gasteiger partial charge in [0.15, 0.2) is 6.61 Å². The van der Waals surface area contributed by atoms with Crippen molar-refractivity contribution < 1.29 is 14.1 Å². The molecule has 27 heavy (non-hydrogen) atoms. The van der Waals surface area contributed by atoms with E-state index in [1.54, 1.807) is 19.1 Å². The van der Waals surface area contributed by atoms with Crippen molar-refractivity contribution >= 4 is 5.91 Å². The number of hydrogen-bond acceptors (Lipinski definition) is 6. The second-order valence-electron chi connectivity index (χ2n) is 6.95. The summed E-state index contributed by atoms with van der Waals surface area (Å²) in [5.41, 5.74) is -0.103. The lowest BCUT2D eigenvalue weighted by Crippen LogP contribution is -2.50. The predicted octanol–water partition coefficient (Wildman–Crippen LogP) is 3.51. The van der Waals surface area contributed by atoms with Gasteiger partial charge in [-0.25, -0.2) is 0 Å². The highest BCUT2D eigenvalue weighted by Gasteiger charge is 2.30. The summed E-state index contributed by atoms with van der Waals surface area (Å²) in [6.45, 7) is 7.42. The molecule has 0 saturated carbocycles. The number of amides is 1. The Hall–Kier alpha value is -2.88. The summed E-state index contributed by atoms with van der Waals surface area (Å²) in [5.74, 6) is 1.37. The van der Waals surface area contributed by atoms with Crippen molar-refractivity contribution in [2.24, 2.45) is 5.92 Å². The first-order valence-electron chi connectivity index (χ1n) is 9.16. The summed E-state index contributed by atoms with van der Waals surface area (Å²) in [4.78, 5) is 16.4. The largest absolute Gasteiger partial charge is 0.484 e. The SMILES string of the molecule is CCCCc1nc(-c2ccc(OCC(=O)NC(C)(C#N)C(C)C)cc2)no1. The van der Waals surface area contributed by atoms with Gasteiger partial charge in [0.2, 0.25) is 11.7 Å². The van der Waals surface area contributed by atoms with Crippen molar-refractivity contribution in [3.8, 4) is 23.2 Å². The van der Waals surface area contributed by atoms with Crippen LogP contribution in [0.4, 0.5) is 0 Å². The number of aryl methyl sites for hydroxylation is 1. The van der Waals surface area contributed by atoms with Gasteiger partial charge in [-0.05, 0) is 43.5 Å². The smallest absolute Gasteiger partial charge is 0.259 e. The maximum Gasteiger partial charge on any atom is 0.259 e. The molecule has 1 atom stereocenters. The minimum Gasteiger partial charge on any atom is -0.484 e. The van der Waals surface area contributed by atoms with E-state index in [0.29, 0.717) is 17.5 Å². The van der Waals surface area contributed by atoms with E-state index in [-0.39, 0.29) is 18.4 Å². The normalized spacial score (nSPS) is 13.0. The Labute approximate surface area is 159 Å². The fraction of sp³-hybridized carbons (Fsp3) is 0.500. The van der Waals surface area contributed by atoms with Gasteiger partial charge in [-0.1, -0.05) is 32.3 Å². The van der Waals surface area contributed by atoms with Crippen LogP contribution in [0.1, 0.15) is 46.4 Å². The molecule has 0 bridgehead atoms. The van der Waals surface area contributed by atoms with Crippen LogP contribution in [0, 0.1) is 17.2 Å². The first-order chi connectivity index (χ1) is 12.9. The highest BCUT2D eigenvalue weighted by molar-refractivity contribution is 5.78. The molecular weight excluding hydrogens is 344 g/mol. The zero-order valence-electron chi connectivity index (χ0n) is 16.3. The number of rotatable bonds is 9. The quantitative estimate of drug-likeness (QED) is 0.725. The Kier molecular flexibility index (Phi) is 6.94. The van der Waals surface area contributed by atoms with Gasteiger partial charge in [0.25, 0.3) is 5.91 Å². The van der Waals surface area contributed by atoms with Gasteiger partial charge in [0.05, 0.1) is 6.07 Å². The maximum atomic E-state index is 12.1. The van der Waals surface area contributed by atoms with E-state index in [0.717, 1.165) is 24.8 Å². The molecule has 2 rings (SSSR count). The van der Waals surface area contributed by atoms with Gasteiger partial charge in [-0.2, -0.15) is 10.2 Å². The second kappa shape index (κ2) is 9.17. The van der Waals surface area contributed by atoms with E-state index < -0.39 is 5.54 Å². The van der Waals surface area contributed by atoms with Crippen LogP contribution in [0.2, 0.25) is 0 Å². The third-order valence-corrected chi connectivity index (χ3v) is 4.48. The van der Waals surface area contributed by atoms with Gasteiger partial charge in [0, 0.05) is 12.0 Å². The first-order valence-corrected chi connectivity index (χ1v) is 9.16. The average molecular weight is 370 g/mol. The molecule has 0 spiro atoms. The number of nitriles is 1. The van der Waals surface area contributed by atoms with Crippen molar-refractivity contribution in [3.05, 3.63) is 30.2 Å². The number of ether oxygens (including phenoxy) is 1. The lowest BCUT2D eigenvalue weighted by atomic mass is 9.90. The lowest BCUT2D eigenvalue weighted by molar-refractivity contribution is -0.124. The second-order valence-corrected chi connectivity index (χ2v) is 6.95. The van der Waals surface area contributed by atoms with Gasteiger partial charge in [-0.3, -0.25) is 4.79 Å². The summed E-state index contributed by atoms with van der Waals surface area (Å²) in [6.07, 6.45) is 2.86. The summed E-state index contributed by atoms with van der Waals surface area (Å²) >= 11 is 0. The lowest BCUT2D eigenvalue weighted by Gasteiger charge is -2.27. The number of nitrogens with one attached hydrogen (secondary N) is 1. The van der Waals surface area contributed by atoms with Crippen LogP contribution in [0.3, 0.4) is 0 Å². The Balaban J connectivity index is 1.91. The number of benzene rings is 1. The molecule has 1 aromatic carbocycles. The van der Waals surface area contributed by atoms with Crippen molar-refractivity contribution in [2.75, 3.05) is 6.61 Å². The summed E-state index contributed by atoms with van der Waals surface area (Å²) in [7, 11) is 0. The minimum atomic E-state index is -0.918. The van der Waals surface area contributed by atoms with E-state index in [1.165, 1.54) is 0 Å². The van der Waals surface area contributed by atoms with Crippen LogP contribution in [-0.2, 0) is 11.2 Å². The number of carbonyl (C=O) groups is 1. The molecule has 1 N–H and O–H groups in total. The van der Waals surface area contributed by atoms with E-state index >= 15 is 0 Å². The van der Waals surface area contributed by atoms with Crippen molar-refractivity contribution in [1.82, 2.24) is 15.5 Å². The maximum absolute atomic E-state index is 12.1. The Morgan fingerprint density at radius 1 is 1.37 bits per heavy atom. The zero-order valence-corrected chi connectivity index (χ0v) is 16.3. The molecule has 0 aliphatic rings. The molecule has 0 aliphatic carbocycles. The Morgan fingerprint density at radius 2 is 2.07 bits per heavy atom. The molecule has 7 heteroatoms. The molecule has 0 radical (unpaired) electrons. The summed E-state index contributed by atoms with van der Waals surface area (Å²) < 4.78 is 10.7. The number of aromatic nitrogens is 2. The molecule has 7 nitrogen and oxygen atoms in total. The van der Waals surface area contributed by atoms with E-state index in [2.05, 4.69) is 28.5 Å². The highest BCUT2D eigenvalue weighted by atomic mass is 16.5. The summed E-state index contributed by atoms with van der Waals surface area (Å²) in [6, 6.07) is 9.26. The molecule has 2 aromatic rings. The fourth-order valence-corrected chi connectivity index (χ4v) is 2.28. The number of hydrogen-bond donors (Lipinski definition) is 1. The topological polar surface area (TPSA) is 101 Å². The van der Waals surface area contributed by atoms with Gasteiger partial charge < -0.3 is 14.6 Å². The standard InChI is InChI=1S/C20H26N4O3/c1-5-6-7-18-22-19(24-27-18)15-8-10-16(11-9-15)26-12-17(25)23-20(4,13-21)14(2)3/h8-11,14H,5-7,12H2,1-4H3,(H,23,25). The van der Waals surface area contributed by atoms with Crippen molar-refractivity contribution in [2.45, 2.75) is 52.5 Å². The molecule has 1 amide bonds. The molecule has 144 valence electrons. The van der Waals surface area contributed by atoms with Crippen molar-refractivity contribution in [3.63, 3.8) is 0 Å². The first kappa shape index (κ1) is 20.4. The molecule has 1 unspecified atom stereocenters. The molecule has 0 aliphatic heterocycles. The summed E-state index contributed by atoms with van der Waals surface area (Å²) in [5, 5.41) is 16.0. The fourth-order valence-electron chi connectivity index (χ4n) is 2.28. The van der Waals surface area contributed by atoms with E-state index in [1.807, 2.05) is 26.0 Å². The third kappa shape index (κ3) is 5.55. The number of unbranched alkanes of at least 4 members (excludes halogenated alkanes) is 1. The van der Waals surface area contributed by atoms with E-state index in [4.69, 9.17) is 9.26 Å². The molecule has 1 heterocycles.